The van der Waals surface area contributed by atoms with E-state index in [9.17, 15) is 0 Å². The first-order valence-corrected chi connectivity index (χ1v) is 19.7. The highest BCUT2D eigenvalue weighted by Gasteiger charge is 2.24. The topological polar surface area (TPSA) is 30.7 Å². The van der Waals surface area contributed by atoms with Crippen LogP contribution in [-0.2, 0) is 0 Å². The van der Waals surface area contributed by atoms with Crippen LogP contribution in [0.1, 0.15) is 0 Å². The molecule has 0 aliphatic heterocycles. The van der Waals surface area contributed by atoms with Crippen LogP contribution in [0.5, 0.6) is 0 Å². The van der Waals surface area contributed by atoms with Gasteiger partial charge in [0.1, 0.15) is 0 Å². The molecule has 56 heavy (non-hydrogen) atoms. The van der Waals surface area contributed by atoms with Crippen molar-refractivity contribution in [3.05, 3.63) is 200 Å². The third-order valence-electron chi connectivity index (χ3n) is 10.8. The second-order valence-electron chi connectivity index (χ2n) is 14.1. The molecule has 0 bridgehead atoms. The molecule has 11 aromatic rings. The van der Waals surface area contributed by atoms with Gasteiger partial charge < -0.3 is 4.57 Å². The SMILES string of the molecule is c1ccc(-c2cc(-c3ccccc3)nc(-c3cc(-c4ccccc4)c(-n4c5ccccc5c5ccc6sc7ccccc7c6c54)c(-c4ccccc4)c3)n2)cc1. The van der Waals surface area contributed by atoms with Gasteiger partial charge in [0, 0.05) is 58.8 Å². The normalized spacial score (nSPS) is 11.6. The fourth-order valence-electron chi connectivity index (χ4n) is 8.27. The summed E-state index contributed by atoms with van der Waals surface area (Å²) in [7, 11) is 0. The molecule has 0 amide bonds. The lowest BCUT2D eigenvalue weighted by Gasteiger charge is -2.21. The van der Waals surface area contributed by atoms with Crippen LogP contribution < -0.4 is 0 Å². The average molecular weight is 732 g/mol. The Labute approximate surface area is 328 Å². The number of thiophene rings is 1. The van der Waals surface area contributed by atoms with Crippen molar-refractivity contribution in [2.75, 3.05) is 0 Å². The third kappa shape index (κ3) is 5.34. The van der Waals surface area contributed by atoms with Crippen LogP contribution in [0.3, 0.4) is 0 Å². The van der Waals surface area contributed by atoms with Crippen molar-refractivity contribution in [1.29, 1.82) is 0 Å². The molecule has 0 radical (unpaired) electrons. The number of benzene rings is 8. The number of rotatable bonds is 6. The van der Waals surface area contributed by atoms with Gasteiger partial charge in [-0.25, -0.2) is 9.97 Å². The third-order valence-corrected chi connectivity index (χ3v) is 11.9. The highest BCUT2D eigenvalue weighted by Crippen LogP contribution is 2.47. The van der Waals surface area contributed by atoms with E-state index in [1.54, 1.807) is 0 Å². The maximum Gasteiger partial charge on any atom is 0.160 e. The van der Waals surface area contributed by atoms with Gasteiger partial charge in [-0.05, 0) is 47.5 Å². The first-order valence-electron chi connectivity index (χ1n) is 18.9. The Balaban J connectivity index is 1.30. The van der Waals surface area contributed by atoms with Crippen molar-refractivity contribution in [3.63, 3.8) is 0 Å². The Kier molecular flexibility index (Phi) is 7.68. The first kappa shape index (κ1) is 32.3. The highest BCUT2D eigenvalue weighted by atomic mass is 32.1. The Morgan fingerprint density at radius 2 is 0.875 bits per heavy atom. The zero-order chi connectivity index (χ0) is 37.0. The van der Waals surface area contributed by atoms with Crippen molar-refractivity contribution < 1.29 is 0 Å². The summed E-state index contributed by atoms with van der Waals surface area (Å²) < 4.78 is 5.11. The largest absolute Gasteiger partial charge is 0.307 e. The predicted octanol–water partition coefficient (Wildman–Crippen LogP) is 14.3. The van der Waals surface area contributed by atoms with E-state index in [0.29, 0.717) is 5.82 Å². The summed E-state index contributed by atoms with van der Waals surface area (Å²) in [6.07, 6.45) is 0. The van der Waals surface area contributed by atoms with Crippen LogP contribution in [0.15, 0.2) is 200 Å². The van der Waals surface area contributed by atoms with E-state index in [0.717, 1.165) is 56.0 Å². The second kappa shape index (κ2) is 13.3. The summed E-state index contributed by atoms with van der Waals surface area (Å²) in [5.74, 6) is 0.680. The van der Waals surface area contributed by atoms with Crippen LogP contribution in [0.4, 0.5) is 0 Å². The Morgan fingerprint density at radius 3 is 1.46 bits per heavy atom. The van der Waals surface area contributed by atoms with E-state index < -0.39 is 0 Å². The molecule has 0 saturated heterocycles. The Hall–Kier alpha value is -7.14. The van der Waals surface area contributed by atoms with Gasteiger partial charge in [0.25, 0.3) is 0 Å². The monoisotopic (exact) mass is 731 g/mol. The fourth-order valence-corrected chi connectivity index (χ4v) is 9.38. The Morgan fingerprint density at radius 1 is 0.375 bits per heavy atom. The van der Waals surface area contributed by atoms with Crippen LogP contribution >= 0.6 is 11.3 Å². The minimum absolute atomic E-state index is 0.680. The van der Waals surface area contributed by atoms with Gasteiger partial charge in [-0.2, -0.15) is 0 Å². The first-order chi connectivity index (χ1) is 27.8. The second-order valence-corrected chi connectivity index (χ2v) is 15.2. The number of nitrogens with zero attached hydrogens (tertiary/aromatic N) is 3. The summed E-state index contributed by atoms with van der Waals surface area (Å²) in [5.41, 5.74) is 12.8. The molecular weight excluding hydrogens is 699 g/mol. The molecule has 0 spiro atoms. The van der Waals surface area contributed by atoms with E-state index in [4.69, 9.17) is 9.97 Å². The predicted molar refractivity (Wildman–Crippen MR) is 236 cm³/mol. The van der Waals surface area contributed by atoms with Gasteiger partial charge in [0.2, 0.25) is 0 Å². The number of para-hydroxylation sites is 1. The van der Waals surface area contributed by atoms with E-state index in [2.05, 4.69) is 193 Å². The molecule has 8 aromatic carbocycles. The van der Waals surface area contributed by atoms with Crippen LogP contribution in [0, 0.1) is 0 Å². The molecule has 4 heteroatoms. The highest BCUT2D eigenvalue weighted by molar-refractivity contribution is 7.26. The summed E-state index contributed by atoms with van der Waals surface area (Å²) in [5, 5.41) is 5.03. The molecule has 3 nitrogen and oxygen atoms in total. The zero-order valence-corrected chi connectivity index (χ0v) is 31.1. The van der Waals surface area contributed by atoms with E-state index in [1.165, 1.54) is 42.0 Å². The van der Waals surface area contributed by atoms with E-state index in [1.807, 2.05) is 23.5 Å². The smallest absolute Gasteiger partial charge is 0.160 e. The van der Waals surface area contributed by atoms with E-state index >= 15 is 0 Å². The molecule has 0 unspecified atom stereocenters. The minimum Gasteiger partial charge on any atom is -0.307 e. The van der Waals surface area contributed by atoms with Crippen molar-refractivity contribution in [2.24, 2.45) is 0 Å². The molecule has 0 fully saturated rings. The van der Waals surface area contributed by atoms with Crippen molar-refractivity contribution in [3.8, 4) is 61.8 Å². The molecule has 3 heterocycles. The van der Waals surface area contributed by atoms with Crippen LogP contribution in [0.25, 0.3) is 104 Å². The number of hydrogen-bond acceptors (Lipinski definition) is 3. The molecule has 0 aliphatic rings. The van der Waals surface area contributed by atoms with Crippen molar-refractivity contribution in [1.82, 2.24) is 14.5 Å². The van der Waals surface area contributed by atoms with Gasteiger partial charge in [-0.1, -0.05) is 164 Å². The quantitative estimate of drug-likeness (QED) is 0.170. The summed E-state index contributed by atoms with van der Waals surface area (Å²) in [6.45, 7) is 0. The Bertz CT molecular complexity index is 3100. The molecule has 0 N–H and O–H groups in total. The molecule has 11 rings (SSSR count). The number of hydrogen-bond donors (Lipinski definition) is 0. The maximum absolute atomic E-state index is 5.31. The lowest BCUT2D eigenvalue weighted by atomic mass is 9.92. The zero-order valence-electron chi connectivity index (χ0n) is 30.3. The average Bonchev–Trinajstić information content (AvgIpc) is 3.83. The summed E-state index contributed by atoms with van der Waals surface area (Å²) in [6, 6.07) is 71.4. The van der Waals surface area contributed by atoms with Gasteiger partial charge >= 0.3 is 0 Å². The molecule has 0 saturated carbocycles. The van der Waals surface area contributed by atoms with Crippen LogP contribution in [0.2, 0.25) is 0 Å². The van der Waals surface area contributed by atoms with Gasteiger partial charge in [0.05, 0.1) is 28.1 Å². The lowest BCUT2D eigenvalue weighted by molar-refractivity contribution is 1.17. The lowest BCUT2D eigenvalue weighted by Crippen LogP contribution is -2.03. The maximum atomic E-state index is 5.31. The molecule has 262 valence electrons. The molecule has 0 atom stereocenters. The minimum atomic E-state index is 0.680. The standard InChI is InChI=1S/C52H33N3S/c1-5-17-34(18-6-1)42-31-38(52-53-44(36-21-9-3-10-22-36)33-45(54-52)37-23-11-4-12-24-37)32-43(35-19-7-2-8-20-35)50(42)55-46-27-15-13-25-39(46)40-29-30-48-49(51(40)55)41-26-14-16-28-47(41)56-48/h1-33H. The molecule has 3 aromatic heterocycles. The van der Waals surface area contributed by atoms with Crippen LogP contribution in [-0.4, -0.2) is 14.5 Å². The fraction of sp³-hybridized carbons (Fsp3) is 0. The van der Waals surface area contributed by atoms with Crippen molar-refractivity contribution in [2.45, 2.75) is 0 Å². The molecular formula is C52H33N3S. The summed E-state index contributed by atoms with van der Waals surface area (Å²) >= 11 is 1.86. The van der Waals surface area contributed by atoms with Crippen molar-refractivity contribution >= 4 is 53.3 Å². The van der Waals surface area contributed by atoms with Gasteiger partial charge in [-0.15, -0.1) is 11.3 Å². The number of fused-ring (bicyclic) bond motifs is 7. The summed E-state index contributed by atoms with van der Waals surface area (Å²) in [4.78, 5) is 10.6. The molecule has 0 aliphatic carbocycles. The van der Waals surface area contributed by atoms with E-state index in [-0.39, 0.29) is 0 Å². The van der Waals surface area contributed by atoms with Gasteiger partial charge in [-0.3, -0.25) is 0 Å². The number of aromatic nitrogens is 3. The van der Waals surface area contributed by atoms with Gasteiger partial charge in [0.15, 0.2) is 5.82 Å².